The second kappa shape index (κ2) is 7.54. The Morgan fingerprint density at radius 1 is 0.857 bits per heavy atom. The molecule has 2 aromatic carbocycles. The molecule has 0 aliphatic heterocycles. The van der Waals surface area contributed by atoms with E-state index in [9.17, 15) is 4.39 Å². The minimum absolute atomic E-state index is 0.202. The number of pyridine rings is 1. The van der Waals surface area contributed by atoms with E-state index in [1.54, 1.807) is 0 Å². The van der Waals surface area contributed by atoms with Gasteiger partial charge >= 0.3 is 0 Å². The topological polar surface area (TPSA) is 24.9 Å². The number of benzene rings is 2. The van der Waals surface area contributed by atoms with Crippen molar-refractivity contribution in [2.75, 3.05) is 5.32 Å². The maximum atomic E-state index is 13.4. The van der Waals surface area contributed by atoms with Gasteiger partial charge in [-0.1, -0.05) is 25.3 Å². The molecule has 0 amide bonds. The van der Waals surface area contributed by atoms with Crippen LogP contribution in [-0.4, -0.2) is 4.98 Å². The Morgan fingerprint density at radius 3 is 2.46 bits per heavy atom. The SMILES string of the molecule is Fc1ccc(Nc2c3c(nc4ccc(C5CCCCC5)cc24)CCCC3)cc1. The van der Waals surface area contributed by atoms with Gasteiger partial charge in [-0.3, -0.25) is 4.98 Å². The van der Waals surface area contributed by atoms with E-state index in [2.05, 4.69) is 23.5 Å². The molecule has 2 aliphatic carbocycles. The van der Waals surface area contributed by atoms with Crippen molar-refractivity contribution >= 4 is 22.3 Å². The minimum Gasteiger partial charge on any atom is -0.355 e. The molecule has 3 aromatic rings. The average molecular weight is 375 g/mol. The van der Waals surface area contributed by atoms with Crippen LogP contribution in [0.2, 0.25) is 0 Å². The van der Waals surface area contributed by atoms with E-state index in [-0.39, 0.29) is 5.82 Å². The highest BCUT2D eigenvalue weighted by Crippen LogP contribution is 2.39. The van der Waals surface area contributed by atoms with Crippen molar-refractivity contribution in [3.05, 3.63) is 65.1 Å². The summed E-state index contributed by atoms with van der Waals surface area (Å²) in [5.74, 6) is 0.472. The second-order valence-electron chi connectivity index (χ2n) is 8.36. The fourth-order valence-electron chi connectivity index (χ4n) is 4.95. The minimum atomic E-state index is -0.202. The Kier molecular flexibility index (Phi) is 4.76. The van der Waals surface area contributed by atoms with Crippen LogP contribution < -0.4 is 5.32 Å². The van der Waals surface area contributed by atoms with Gasteiger partial charge in [-0.15, -0.1) is 0 Å². The van der Waals surface area contributed by atoms with E-state index in [1.165, 1.54) is 85.0 Å². The van der Waals surface area contributed by atoms with Gasteiger partial charge < -0.3 is 5.32 Å². The number of halogens is 1. The second-order valence-corrected chi connectivity index (χ2v) is 8.36. The molecular formula is C25H27FN2. The van der Waals surface area contributed by atoms with Gasteiger partial charge in [0.15, 0.2) is 0 Å². The highest BCUT2D eigenvalue weighted by Gasteiger charge is 2.21. The number of hydrogen-bond donors (Lipinski definition) is 1. The van der Waals surface area contributed by atoms with Gasteiger partial charge in [0.05, 0.1) is 11.2 Å². The van der Waals surface area contributed by atoms with Gasteiger partial charge in [-0.25, -0.2) is 4.39 Å². The first-order chi connectivity index (χ1) is 13.8. The molecule has 2 nitrogen and oxygen atoms in total. The predicted octanol–water partition coefficient (Wildman–Crippen LogP) is 7.04. The van der Waals surface area contributed by atoms with Gasteiger partial charge in [0.2, 0.25) is 0 Å². The molecule has 5 rings (SSSR count). The van der Waals surface area contributed by atoms with Crippen molar-refractivity contribution in [1.29, 1.82) is 0 Å². The summed E-state index contributed by atoms with van der Waals surface area (Å²) in [6.07, 6.45) is 11.2. The van der Waals surface area contributed by atoms with Crippen LogP contribution >= 0.6 is 0 Å². The molecule has 1 aromatic heterocycles. The maximum absolute atomic E-state index is 13.4. The highest BCUT2D eigenvalue weighted by atomic mass is 19.1. The van der Waals surface area contributed by atoms with Crippen molar-refractivity contribution in [3.63, 3.8) is 0 Å². The summed E-state index contributed by atoms with van der Waals surface area (Å²) in [5, 5.41) is 4.84. The van der Waals surface area contributed by atoms with Crippen molar-refractivity contribution < 1.29 is 4.39 Å². The lowest BCUT2D eigenvalue weighted by Crippen LogP contribution is -2.10. The highest BCUT2D eigenvalue weighted by molar-refractivity contribution is 5.96. The lowest BCUT2D eigenvalue weighted by molar-refractivity contribution is 0.444. The Balaban J connectivity index is 1.63. The van der Waals surface area contributed by atoms with E-state index >= 15 is 0 Å². The molecule has 3 heteroatoms. The van der Waals surface area contributed by atoms with Crippen molar-refractivity contribution in [1.82, 2.24) is 4.98 Å². The number of anilines is 2. The summed E-state index contributed by atoms with van der Waals surface area (Å²) in [4.78, 5) is 5.02. The third-order valence-electron chi connectivity index (χ3n) is 6.48. The first-order valence-electron chi connectivity index (χ1n) is 10.8. The number of aromatic nitrogens is 1. The Morgan fingerprint density at radius 2 is 1.64 bits per heavy atom. The Hall–Kier alpha value is -2.42. The summed E-state index contributed by atoms with van der Waals surface area (Å²) in [6.45, 7) is 0. The molecule has 28 heavy (non-hydrogen) atoms. The standard InChI is InChI=1S/C25H27FN2/c26-19-11-13-20(14-12-19)27-25-21-8-4-5-9-23(21)28-24-15-10-18(16-22(24)25)17-6-2-1-3-7-17/h10-17H,1-9H2,(H,27,28). The monoisotopic (exact) mass is 374 g/mol. The maximum Gasteiger partial charge on any atom is 0.123 e. The largest absolute Gasteiger partial charge is 0.355 e. The van der Waals surface area contributed by atoms with Crippen LogP contribution in [-0.2, 0) is 12.8 Å². The first kappa shape index (κ1) is 17.7. The van der Waals surface area contributed by atoms with Crippen molar-refractivity contribution in [2.24, 2.45) is 0 Å². The lowest BCUT2D eigenvalue weighted by Gasteiger charge is -2.25. The number of nitrogens with one attached hydrogen (secondary N) is 1. The molecule has 0 bridgehead atoms. The molecule has 0 radical (unpaired) electrons. The lowest BCUT2D eigenvalue weighted by atomic mass is 9.83. The molecule has 0 unspecified atom stereocenters. The molecule has 144 valence electrons. The number of nitrogens with zero attached hydrogens (tertiary/aromatic N) is 1. The van der Waals surface area contributed by atoms with E-state index < -0.39 is 0 Å². The van der Waals surface area contributed by atoms with E-state index in [4.69, 9.17) is 4.98 Å². The van der Waals surface area contributed by atoms with Gasteiger partial charge in [-0.05, 0) is 92.0 Å². The number of rotatable bonds is 3. The zero-order valence-corrected chi connectivity index (χ0v) is 16.3. The van der Waals surface area contributed by atoms with Gasteiger partial charge in [0.1, 0.15) is 5.82 Å². The number of hydrogen-bond acceptors (Lipinski definition) is 2. The van der Waals surface area contributed by atoms with Crippen LogP contribution in [0.3, 0.4) is 0 Å². The number of fused-ring (bicyclic) bond motifs is 2. The third-order valence-corrected chi connectivity index (χ3v) is 6.48. The van der Waals surface area contributed by atoms with Crippen LogP contribution in [0, 0.1) is 5.82 Å². The molecule has 1 heterocycles. The van der Waals surface area contributed by atoms with Gasteiger partial charge in [0.25, 0.3) is 0 Å². The van der Waals surface area contributed by atoms with Crippen LogP contribution in [0.15, 0.2) is 42.5 Å². The molecule has 0 spiro atoms. The average Bonchev–Trinajstić information content (AvgIpc) is 2.75. The normalized spacial score (nSPS) is 17.5. The van der Waals surface area contributed by atoms with E-state index in [0.717, 1.165) is 24.0 Å². The third kappa shape index (κ3) is 3.39. The molecule has 1 fully saturated rings. The summed E-state index contributed by atoms with van der Waals surface area (Å²) in [6, 6.07) is 13.6. The van der Waals surface area contributed by atoms with Crippen molar-refractivity contribution in [3.8, 4) is 0 Å². The Labute approximate surface area is 166 Å². The summed E-state index contributed by atoms with van der Waals surface area (Å²) in [5.41, 5.74) is 7.23. The van der Waals surface area contributed by atoms with E-state index in [0.29, 0.717) is 5.92 Å². The van der Waals surface area contributed by atoms with Crippen LogP contribution in [0.5, 0.6) is 0 Å². The van der Waals surface area contributed by atoms with Gasteiger partial charge in [0, 0.05) is 16.8 Å². The molecular weight excluding hydrogens is 347 g/mol. The smallest absolute Gasteiger partial charge is 0.123 e. The van der Waals surface area contributed by atoms with Crippen LogP contribution in [0.1, 0.15) is 67.7 Å². The predicted molar refractivity (Wildman–Crippen MR) is 114 cm³/mol. The number of aryl methyl sites for hydroxylation is 1. The summed E-state index contributed by atoms with van der Waals surface area (Å²) >= 11 is 0. The van der Waals surface area contributed by atoms with E-state index in [1.807, 2.05) is 12.1 Å². The van der Waals surface area contributed by atoms with Crippen molar-refractivity contribution in [2.45, 2.75) is 63.7 Å². The Bertz CT molecular complexity index is 988. The zero-order chi connectivity index (χ0) is 18.9. The van der Waals surface area contributed by atoms with Crippen LogP contribution in [0.25, 0.3) is 10.9 Å². The fourth-order valence-corrected chi connectivity index (χ4v) is 4.95. The molecule has 0 saturated heterocycles. The molecule has 2 aliphatic rings. The zero-order valence-electron chi connectivity index (χ0n) is 16.3. The van der Waals surface area contributed by atoms with Gasteiger partial charge in [-0.2, -0.15) is 0 Å². The quantitative estimate of drug-likeness (QED) is 0.531. The fraction of sp³-hybridized carbons (Fsp3) is 0.400. The van der Waals surface area contributed by atoms with Crippen LogP contribution in [0.4, 0.5) is 15.8 Å². The molecule has 1 N–H and O–H groups in total. The summed E-state index contributed by atoms with van der Waals surface area (Å²) < 4.78 is 13.4. The molecule has 1 saturated carbocycles. The molecule has 0 atom stereocenters. The first-order valence-corrected chi connectivity index (χ1v) is 10.8. The summed E-state index contributed by atoms with van der Waals surface area (Å²) in [7, 11) is 0.